The molecule has 0 bridgehead atoms. The summed E-state index contributed by atoms with van der Waals surface area (Å²) in [6.45, 7) is 0.941. The minimum Gasteiger partial charge on any atom is -0.464 e. The number of hydrogen-bond acceptors (Lipinski definition) is 4. The molecule has 2 N–H and O–H groups in total. The summed E-state index contributed by atoms with van der Waals surface area (Å²) in [5.41, 5.74) is 6.79. The fourth-order valence-electron chi connectivity index (χ4n) is 1.43. The van der Waals surface area contributed by atoms with Gasteiger partial charge in [-0.25, -0.2) is 0 Å². The average molecular weight is 237 g/mol. The van der Waals surface area contributed by atoms with Crippen LogP contribution >= 0.6 is 0 Å². The molecule has 0 heterocycles. The van der Waals surface area contributed by atoms with Crippen LogP contribution in [-0.4, -0.2) is 32.3 Å². The van der Waals surface area contributed by atoms with Gasteiger partial charge in [0, 0.05) is 20.1 Å². The predicted octanol–water partition coefficient (Wildman–Crippen LogP) is 1.14. The minimum atomic E-state index is -0.597. The molecule has 0 spiro atoms. The van der Waals surface area contributed by atoms with Crippen LogP contribution < -0.4 is 5.73 Å². The van der Waals surface area contributed by atoms with Crippen LogP contribution in [-0.2, 0) is 20.7 Å². The number of carbonyl (C=O) groups excluding carboxylic acids is 1. The Hall–Kier alpha value is -1.39. The van der Waals surface area contributed by atoms with E-state index >= 15 is 0 Å². The Balaban J connectivity index is 2.27. The summed E-state index contributed by atoms with van der Waals surface area (Å²) in [4.78, 5) is 11.5. The molecule has 0 saturated heterocycles. The molecule has 0 radical (unpaired) electrons. The van der Waals surface area contributed by atoms with Gasteiger partial charge in [-0.15, -0.1) is 0 Å². The van der Waals surface area contributed by atoms with Crippen molar-refractivity contribution in [2.24, 2.45) is 5.73 Å². The first-order valence-corrected chi connectivity index (χ1v) is 5.69. The van der Waals surface area contributed by atoms with Crippen LogP contribution in [0.3, 0.4) is 0 Å². The summed E-state index contributed by atoms with van der Waals surface area (Å²) in [5.74, 6) is -0.357. The van der Waals surface area contributed by atoms with Crippen LogP contribution in [0.5, 0.6) is 0 Å². The van der Waals surface area contributed by atoms with Crippen molar-refractivity contribution < 1.29 is 14.3 Å². The second kappa shape index (κ2) is 7.81. The topological polar surface area (TPSA) is 61.5 Å². The van der Waals surface area contributed by atoms with Gasteiger partial charge >= 0.3 is 5.97 Å². The van der Waals surface area contributed by atoms with E-state index in [-0.39, 0.29) is 5.97 Å². The van der Waals surface area contributed by atoms with E-state index in [9.17, 15) is 4.79 Å². The first-order chi connectivity index (χ1) is 8.24. The number of hydrogen-bond donors (Lipinski definition) is 1. The molecule has 4 heteroatoms. The third-order valence-corrected chi connectivity index (χ3v) is 2.34. The molecular formula is C13H19NO3. The van der Waals surface area contributed by atoms with E-state index in [2.05, 4.69) is 0 Å². The predicted molar refractivity (Wildman–Crippen MR) is 65.6 cm³/mol. The normalized spacial score (nSPS) is 12.1. The fraction of sp³-hybridized carbons (Fsp3) is 0.462. The lowest BCUT2D eigenvalue weighted by Crippen LogP contribution is -2.34. The van der Waals surface area contributed by atoms with Crippen molar-refractivity contribution in [1.29, 1.82) is 0 Å². The molecule has 0 saturated carbocycles. The van der Waals surface area contributed by atoms with Crippen molar-refractivity contribution in [1.82, 2.24) is 0 Å². The van der Waals surface area contributed by atoms with Crippen LogP contribution in [0.15, 0.2) is 30.3 Å². The lowest BCUT2D eigenvalue weighted by atomic mass is 10.1. The van der Waals surface area contributed by atoms with Crippen LogP contribution in [0, 0.1) is 0 Å². The Morgan fingerprint density at radius 1 is 1.29 bits per heavy atom. The third-order valence-electron chi connectivity index (χ3n) is 2.34. The van der Waals surface area contributed by atoms with Crippen LogP contribution in [0.25, 0.3) is 0 Å². The molecule has 17 heavy (non-hydrogen) atoms. The van der Waals surface area contributed by atoms with Crippen molar-refractivity contribution in [2.75, 3.05) is 20.3 Å². The number of ether oxygens (including phenoxy) is 2. The van der Waals surface area contributed by atoms with E-state index in [1.54, 1.807) is 7.11 Å². The monoisotopic (exact) mass is 237 g/mol. The second-order valence-electron chi connectivity index (χ2n) is 3.81. The van der Waals surface area contributed by atoms with Crippen molar-refractivity contribution >= 4 is 5.97 Å². The molecule has 0 aliphatic rings. The van der Waals surface area contributed by atoms with Gasteiger partial charge in [0.15, 0.2) is 0 Å². The number of carbonyl (C=O) groups is 1. The quantitative estimate of drug-likeness (QED) is 0.570. The lowest BCUT2D eigenvalue weighted by molar-refractivity contribution is -0.145. The molecule has 1 aromatic carbocycles. The summed E-state index contributed by atoms with van der Waals surface area (Å²) in [6, 6.07) is 9.06. The zero-order valence-corrected chi connectivity index (χ0v) is 10.1. The van der Waals surface area contributed by atoms with E-state index < -0.39 is 6.04 Å². The molecular weight excluding hydrogens is 218 g/mol. The second-order valence-corrected chi connectivity index (χ2v) is 3.81. The molecule has 0 aromatic heterocycles. The molecule has 4 nitrogen and oxygen atoms in total. The van der Waals surface area contributed by atoms with Crippen molar-refractivity contribution in [2.45, 2.75) is 18.9 Å². The van der Waals surface area contributed by atoms with Crippen molar-refractivity contribution in [3.63, 3.8) is 0 Å². The van der Waals surface area contributed by atoms with Crippen molar-refractivity contribution in [3.05, 3.63) is 35.9 Å². The van der Waals surface area contributed by atoms with E-state index in [1.807, 2.05) is 30.3 Å². The van der Waals surface area contributed by atoms with Gasteiger partial charge in [0.05, 0.1) is 6.61 Å². The van der Waals surface area contributed by atoms with Crippen LogP contribution in [0.2, 0.25) is 0 Å². The summed E-state index contributed by atoms with van der Waals surface area (Å²) in [6.07, 6.45) is 1.20. The maximum atomic E-state index is 11.5. The average Bonchev–Trinajstić information content (AvgIpc) is 2.35. The van der Waals surface area contributed by atoms with Gasteiger partial charge in [0.25, 0.3) is 0 Å². The van der Waals surface area contributed by atoms with Gasteiger partial charge < -0.3 is 15.2 Å². The van der Waals surface area contributed by atoms with Crippen LogP contribution in [0.4, 0.5) is 0 Å². The number of nitrogens with two attached hydrogens (primary N) is 1. The highest BCUT2D eigenvalue weighted by molar-refractivity contribution is 5.75. The zero-order chi connectivity index (χ0) is 12.5. The summed E-state index contributed by atoms with van der Waals surface area (Å²) < 4.78 is 9.89. The van der Waals surface area contributed by atoms with E-state index in [0.717, 1.165) is 5.56 Å². The first kappa shape index (κ1) is 13.7. The molecule has 1 atom stereocenters. The fourth-order valence-corrected chi connectivity index (χ4v) is 1.43. The maximum absolute atomic E-state index is 11.5. The van der Waals surface area contributed by atoms with Crippen molar-refractivity contribution in [3.8, 4) is 0 Å². The number of esters is 1. The van der Waals surface area contributed by atoms with Gasteiger partial charge in [0.2, 0.25) is 0 Å². The molecule has 94 valence electrons. The molecule has 0 amide bonds. The Morgan fingerprint density at radius 2 is 2.00 bits per heavy atom. The standard InChI is InChI=1S/C13H19NO3/c1-16-8-5-9-17-13(15)12(14)10-11-6-3-2-4-7-11/h2-4,6-7,12H,5,8-10,14H2,1H3/t12-/m0/s1. The highest BCUT2D eigenvalue weighted by Gasteiger charge is 2.15. The molecule has 0 fully saturated rings. The molecule has 0 aliphatic carbocycles. The summed E-state index contributed by atoms with van der Waals surface area (Å²) >= 11 is 0. The highest BCUT2D eigenvalue weighted by atomic mass is 16.5. The Labute approximate surface area is 102 Å². The van der Waals surface area contributed by atoms with E-state index in [1.165, 1.54) is 0 Å². The van der Waals surface area contributed by atoms with E-state index in [4.69, 9.17) is 15.2 Å². The maximum Gasteiger partial charge on any atom is 0.323 e. The third kappa shape index (κ3) is 5.47. The number of methoxy groups -OCH3 is 1. The number of benzene rings is 1. The summed E-state index contributed by atoms with van der Waals surface area (Å²) in [7, 11) is 1.61. The molecule has 1 aromatic rings. The molecule has 0 unspecified atom stereocenters. The van der Waals surface area contributed by atoms with Gasteiger partial charge in [-0.3, -0.25) is 4.79 Å². The van der Waals surface area contributed by atoms with E-state index in [0.29, 0.717) is 26.1 Å². The number of rotatable bonds is 7. The Kier molecular flexibility index (Phi) is 6.29. The summed E-state index contributed by atoms with van der Waals surface area (Å²) in [5, 5.41) is 0. The van der Waals surface area contributed by atoms with Gasteiger partial charge in [0.1, 0.15) is 6.04 Å². The SMILES string of the molecule is COCCCOC(=O)[C@@H](N)Cc1ccccc1. The van der Waals surface area contributed by atoms with Gasteiger partial charge in [-0.2, -0.15) is 0 Å². The molecule has 1 rings (SSSR count). The largest absolute Gasteiger partial charge is 0.464 e. The minimum absolute atomic E-state index is 0.356. The zero-order valence-electron chi connectivity index (χ0n) is 10.1. The van der Waals surface area contributed by atoms with Gasteiger partial charge in [-0.05, 0) is 12.0 Å². The first-order valence-electron chi connectivity index (χ1n) is 5.69. The lowest BCUT2D eigenvalue weighted by Gasteiger charge is -2.11. The molecule has 0 aliphatic heterocycles. The van der Waals surface area contributed by atoms with Crippen LogP contribution in [0.1, 0.15) is 12.0 Å². The smallest absolute Gasteiger partial charge is 0.323 e. The van der Waals surface area contributed by atoms with Gasteiger partial charge in [-0.1, -0.05) is 30.3 Å². The Morgan fingerprint density at radius 3 is 2.65 bits per heavy atom. The highest BCUT2D eigenvalue weighted by Crippen LogP contribution is 2.03. The Bertz CT molecular complexity index is 327.